The fourth-order valence-corrected chi connectivity index (χ4v) is 9.31. The Morgan fingerprint density at radius 1 is 0.929 bits per heavy atom. The molecular weight excluding hydrogens is 629 g/mol. The van der Waals surface area contributed by atoms with Crippen molar-refractivity contribution in [3.63, 3.8) is 0 Å². The molecule has 2 aromatic rings. The van der Waals surface area contributed by atoms with Crippen molar-refractivity contribution in [3.05, 3.63) is 63.5 Å². The number of halogens is 1. The highest BCUT2D eigenvalue weighted by Gasteiger charge is 2.59. The average Bonchev–Trinajstić information content (AvgIpc) is 3.41. The summed E-state index contributed by atoms with van der Waals surface area (Å²) in [7, 11) is 0. The Morgan fingerprint density at radius 3 is 2.10 bits per heavy atom. The molecule has 3 aliphatic carbocycles. The van der Waals surface area contributed by atoms with Crippen LogP contribution in [0.25, 0.3) is 0 Å². The highest BCUT2D eigenvalue weighted by molar-refractivity contribution is 14.1. The summed E-state index contributed by atoms with van der Waals surface area (Å²) in [5.41, 5.74) is 9.79. The van der Waals surface area contributed by atoms with Crippen LogP contribution in [0.5, 0.6) is 0 Å². The number of benzene rings is 1. The SMILES string of the molecule is CC(C)c1nc2c(c3c1C(c1ccc(C(C)(C)C)cc1)OC31CCCC1I)C([OH+]C(C)(C)C(C)(C)C)CC1(CCC1)C2. The van der Waals surface area contributed by atoms with E-state index in [1.807, 2.05) is 0 Å². The van der Waals surface area contributed by atoms with Crippen LogP contribution in [0.2, 0.25) is 0 Å². The van der Waals surface area contributed by atoms with Crippen molar-refractivity contribution in [3.8, 4) is 0 Å². The molecule has 230 valence electrons. The largest absolute Gasteiger partial charge is 0.423 e. The molecule has 0 saturated heterocycles. The second-order valence-corrected chi connectivity index (χ2v) is 18.6. The predicted molar refractivity (Wildman–Crippen MR) is 183 cm³/mol. The van der Waals surface area contributed by atoms with Gasteiger partial charge in [-0.05, 0) is 66.4 Å². The Labute approximate surface area is 269 Å². The van der Waals surface area contributed by atoms with Crippen molar-refractivity contribution in [2.45, 2.75) is 159 Å². The first kappa shape index (κ1) is 31.0. The number of hydrogen-bond donors (Lipinski definition) is 0. The molecule has 1 aliphatic heterocycles. The zero-order valence-electron chi connectivity index (χ0n) is 28.0. The number of nitrogens with zero attached hydrogens (tertiary/aromatic N) is 1. The molecule has 2 saturated carbocycles. The summed E-state index contributed by atoms with van der Waals surface area (Å²) in [6.45, 7) is 23.3. The molecule has 4 heteroatoms. The van der Waals surface area contributed by atoms with E-state index < -0.39 is 0 Å². The third-order valence-electron chi connectivity index (χ3n) is 11.8. The number of fused-ring (bicyclic) bond motifs is 4. The average molecular weight is 685 g/mol. The molecular formula is C38H55INO2+. The minimum absolute atomic E-state index is 0.0737. The number of hydrogen-bond acceptors (Lipinski definition) is 2. The highest BCUT2D eigenvalue weighted by atomic mass is 127. The predicted octanol–water partition coefficient (Wildman–Crippen LogP) is 10.3. The smallest absolute Gasteiger partial charge is 0.184 e. The molecule has 2 fully saturated rings. The van der Waals surface area contributed by atoms with Crippen molar-refractivity contribution in [1.29, 1.82) is 0 Å². The summed E-state index contributed by atoms with van der Waals surface area (Å²) < 4.78 is 13.8. The first-order chi connectivity index (χ1) is 19.5. The molecule has 1 aromatic heterocycles. The van der Waals surface area contributed by atoms with Crippen molar-refractivity contribution >= 4 is 22.6 Å². The maximum absolute atomic E-state index is 7.51. The van der Waals surface area contributed by atoms with Crippen molar-refractivity contribution in [2.75, 3.05) is 0 Å². The monoisotopic (exact) mass is 684 g/mol. The van der Waals surface area contributed by atoms with E-state index in [9.17, 15) is 0 Å². The Morgan fingerprint density at radius 2 is 1.60 bits per heavy atom. The van der Waals surface area contributed by atoms with Gasteiger partial charge in [-0.25, -0.2) is 0 Å². The fourth-order valence-electron chi connectivity index (χ4n) is 8.10. The van der Waals surface area contributed by atoms with E-state index in [2.05, 4.69) is 116 Å². The second kappa shape index (κ2) is 10.3. The van der Waals surface area contributed by atoms with Gasteiger partial charge in [0.1, 0.15) is 11.7 Å². The zero-order valence-corrected chi connectivity index (χ0v) is 30.1. The molecule has 0 bridgehead atoms. The second-order valence-electron chi connectivity index (χ2n) is 17.1. The zero-order chi connectivity index (χ0) is 30.5. The van der Waals surface area contributed by atoms with Crippen LogP contribution >= 0.6 is 22.6 Å². The van der Waals surface area contributed by atoms with Gasteiger partial charge in [0.25, 0.3) is 0 Å². The van der Waals surface area contributed by atoms with Gasteiger partial charge in [-0.1, -0.05) is 109 Å². The number of rotatable bonds is 4. The molecule has 2 spiro atoms. The number of ether oxygens (including phenoxy) is 2. The normalized spacial score (nSPS) is 28.8. The van der Waals surface area contributed by atoms with Gasteiger partial charge >= 0.3 is 0 Å². The first-order valence-corrected chi connectivity index (χ1v) is 17.9. The summed E-state index contributed by atoms with van der Waals surface area (Å²) in [4.78, 5) is 5.67. The number of aliphatic hydroxyl groups is 2. The minimum atomic E-state index is -0.260. The molecule has 4 unspecified atom stereocenters. The Balaban J connectivity index is 1.59. The summed E-state index contributed by atoms with van der Waals surface area (Å²) >= 11 is 2.73. The van der Waals surface area contributed by atoms with Crippen molar-refractivity contribution in [2.24, 2.45) is 10.8 Å². The molecule has 4 atom stereocenters. The topological polar surface area (TPSA) is 34.9 Å². The van der Waals surface area contributed by atoms with Crippen LogP contribution in [0.1, 0.15) is 172 Å². The van der Waals surface area contributed by atoms with Gasteiger partial charge in [-0.3, -0.25) is 4.98 Å². The Kier molecular flexibility index (Phi) is 7.59. The van der Waals surface area contributed by atoms with Gasteiger partial charge in [0, 0.05) is 46.4 Å². The van der Waals surface area contributed by atoms with E-state index in [1.54, 1.807) is 0 Å². The van der Waals surface area contributed by atoms with Gasteiger partial charge in [0.2, 0.25) is 0 Å². The molecule has 0 amide bonds. The fraction of sp³-hybridized carbons (Fsp3) is 0.711. The molecule has 1 N–H and O–H groups in total. The van der Waals surface area contributed by atoms with Gasteiger partial charge in [-0.15, -0.1) is 0 Å². The van der Waals surface area contributed by atoms with Crippen LogP contribution in [-0.4, -0.2) is 19.2 Å². The highest BCUT2D eigenvalue weighted by Crippen LogP contribution is 2.63. The van der Waals surface area contributed by atoms with Crippen LogP contribution in [-0.2, 0) is 22.2 Å². The van der Waals surface area contributed by atoms with Crippen LogP contribution in [0.4, 0.5) is 0 Å². The van der Waals surface area contributed by atoms with Gasteiger partial charge in [0.15, 0.2) is 11.7 Å². The van der Waals surface area contributed by atoms with E-state index in [0.29, 0.717) is 15.3 Å². The standard InChI is InChI=1S/C38H54INO2/c1-23(2)32-30-31(29-26(40-32)21-37(18-12-19-37)22-27(29)41-36(9,10)35(6,7)8)38(20-11-13-28(38)39)42-33(30)24-14-16-25(17-15-24)34(3,4)5/h14-17,23,27-28,33H,11-13,18-22H2,1-10H3/p+1. The lowest BCUT2D eigenvalue weighted by Crippen LogP contribution is -2.48. The maximum Gasteiger partial charge on any atom is 0.184 e. The molecule has 4 aliphatic rings. The number of alkyl halides is 1. The van der Waals surface area contributed by atoms with Crippen molar-refractivity contribution in [1.82, 2.24) is 4.98 Å². The molecule has 42 heavy (non-hydrogen) atoms. The lowest BCUT2D eigenvalue weighted by molar-refractivity contribution is -0.269. The Bertz CT molecular complexity index is 1340. The van der Waals surface area contributed by atoms with Crippen molar-refractivity contribution < 1.29 is 9.47 Å². The van der Waals surface area contributed by atoms with Gasteiger partial charge < -0.3 is 9.47 Å². The van der Waals surface area contributed by atoms with Crippen LogP contribution < -0.4 is 0 Å². The third kappa shape index (κ3) is 4.92. The molecule has 6 rings (SSSR count). The summed E-state index contributed by atoms with van der Waals surface area (Å²) in [5.74, 6) is 0.342. The van der Waals surface area contributed by atoms with Crippen LogP contribution in [0.3, 0.4) is 0 Å². The minimum Gasteiger partial charge on any atom is -0.423 e. The van der Waals surface area contributed by atoms with E-state index in [0.717, 1.165) is 12.8 Å². The summed E-state index contributed by atoms with van der Waals surface area (Å²) in [6, 6.07) is 9.32. The van der Waals surface area contributed by atoms with Gasteiger partial charge in [-0.2, -0.15) is 0 Å². The molecule has 0 radical (unpaired) electrons. The molecule has 1 aromatic carbocycles. The maximum atomic E-state index is 7.51. The first-order valence-electron chi connectivity index (χ1n) is 16.7. The van der Waals surface area contributed by atoms with Crippen LogP contribution in [0.15, 0.2) is 24.3 Å². The quantitative estimate of drug-likeness (QED) is 0.183. The lowest BCUT2D eigenvalue weighted by atomic mass is 9.58. The number of aromatic nitrogens is 1. The number of pyridine rings is 1. The lowest BCUT2D eigenvalue weighted by Gasteiger charge is -2.49. The third-order valence-corrected chi connectivity index (χ3v) is 13.4. The van der Waals surface area contributed by atoms with Gasteiger partial charge in [0.05, 0.1) is 11.3 Å². The Hall–Kier alpha value is -0.980. The molecule has 3 nitrogen and oxygen atoms in total. The summed E-state index contributed by atoms with van der Waals surface area (Å²) in [5, 5.41) is 0. The molecule has 2 heterocycles. The van der Waals surface area contributed by atoms with Crippen LogP contribution in [0, 0.1) is 10.8 Å². The van der Waals surface area contributed by atoms with E-state index in [1.165, 1.54) is 77.7 Å². The summed E-state index contributed by atoms with van der Waals surface area (Å²) in [6.07, 6.45) is 9.91. The van der Waals surface area contributed by atoms with E-state index in [4.69, 9.17) is 14.5 Å². The van der Waals surface area contributed by atoms with E-state index >= 15 is 0 Å². The van der Waals surface area contributed by atoms with E-state index in [-0.39, 0.29) is 34.2 Å².